The van der Waals surface area contributed by atoms with Gasteiger partial charge in [0.25, 0.3) is 0 Å². The molecular weight excluding hydrogens is 264 g/mol. The number of carbonyl (C=O) groups excluding carboxylic acids is 1. The van der Waals surface area contributed by atoms with Gasteiger partial charge in [-0.15, -0.1) is 0 Å². The van der Waals surface area contributed by atoms with E-state index in [2.05, 4.69) is 20.6 Å². The minimum atomic E-state index is -0.536. The van der Waals surface area contributed by atoms with Crippen molar-refractivity contribution in [3.05, 3.63) is 22.5 Å². The summed E-state index contributed by atoms with van der Waals surface area (Å²) >= 11 is 0. The van der Waals surface area contributed by atoms with E-state index in [4.69, 9.17) is 0 Å². The van der Waals surface area contributed by atoms with Crippen molar-refractivity contribution >= 4 is 11.6 Å². The lowest BCUT2D eigenvalue weighted by Crippen LogP contribution is -2.46. The zero-order chi connectivity index (χ0) is 14.4. The van der Waals surface area contributed by atoms with Crippen LogP contribution in [-0.4, -0.2) is 64.8 Å². The molecule has 1 aromatic rings. The predicted octanol–water partition coefficient (Wildman–Crippen LogP) is -1.19. The van der Waals surface area contributed by atoms with Gasteiger partial charge < -0.3 is 10.6 Å². The third kappa shape index (κ3) is 4.28. The number of nitro groups is 1. The highest BCUT2D eigenvalue weighted by Gasteiger charge is 2.12. The Hall–Kier alpha value is -2.00. The molecule has 0 aromatic carbocycles. The van der Waals surface area contributed by atoms with Crippen LogP contribution in [0.25, 0.3) is 0 Å². The molecule has 9 nitrogen and oxygen atoms in total. The Morgan fingerprint density at radius 2 is 2.25 bits per heavy atom. The quantitative estimate of drug-likeness (QED) is 0.502. The first kappa shape index (κ1) is 14.4. The molecular formula is C11H18N6O3. The average Bonchev–Trinajstić information content (AvgIpc) is 2.88. The molecule has 1 amide bonds. The molecule has 2 heterocycles. The number of amides is 1. The zero-order valence-electron chi connectivity index (χ0n) is 11.1. The number of piperazine rings is 1. The lowest BCUT2D eigenvalue weighted by atomic mass is 10.3. The second-order valence-corrected chi connectivity index (χ2v) is 4.59. The predicted molar refractivity (Wildman–Crippen MR) is 71.2 cm³/mol. The molecule has 9 heteroatoms. The Kier molecular flexibility index (Phi) is 5.02. The smallest absolute Gasteiger partial charge is 0.307 e. The maximum Gasteiger partial charge on any atom is 0.307 e. The molecule has 1 aromatic heterocycles. The molecule has 2 N–H and O–H groups in total. The molecule has 1 aliphatic rings. The molecule has 0 unspecified atom stereocenters. The lowest BCUT2D eigenvalue weighted by Gasteiger charge is -2.27. The van der Waals surface area contributed by atoms with Crippen LogP contribution in [-0.2, 0) is 11.3 Å². The number of rotatable bonds is 6. The van der Waals surface area contributed by atoms with E-state index in [1.807, 2.05) is 0 Å². The summed E-state index contributed by atoms with van der Waals surface area (Å²) in [7, 11) is 0. The van der Waals surface area contributed by atoms with Gasteiger partial charge in [0.05, 0.1) is 4.92 Å². The molecule has 2 rings (SSSR count). The van der Waals surface area contributed by atoms with Gasteiger partial charge >= 0.3 is 5.69 Å². The Morgan fingerprint density at radius 3 is 2.90 bits per heavy atom. The summed E-state index contributed by atoms with van der Waals surface area (Å²) in [6, 6.07) is 0. The van der Waals surface area contributed by atoms with Crippen molar-refractivity contribution in [2.45, 2.75) is 6.54 Å². The SMILES string of the molecule is O=C(Cn1cc([N+](=O)[O-])cn1)NCCN1CCNCC1. The number of hydrogen-bond donors (Lipinski definition) is 2. The van der Waals surface area contributed by atoms with Gasteiger partial charge in [0.2, 0.25) is 5.91 Å². The largest absolute Gasteiger partial charge is 0.353 e. The summed E-state index contributed by atoms with van der Waals surface area (Å²) in [5.74, 6) is -0.196. The van der Waals surface area contributed by atoms with Crippen molar-refractivity contribution < 1.29 is 9.72 Å². The molecule has 0 aliphatic carbocycles. The van der Waals surface area contributed by atoms with Crippen LogP contribution in [0.2, 0.25) is 0 Å². The molecule has 0 atom stereocenters. The summed E-state index contributed by atoms with van der Waals surface area (Å²) in [4.78, 5) is 23.9. The van der Waals surface area contributed by atoms with E-state index < -0.39 is 4.92 Å². The van der Waals surface area contributed by atoms with Crippen LogP contribution >= 0.6 is 0 Å². The monoisotopic (exact) mass is 282 g/mol. The molecule has 20 heavy (non-hydrogen) atoms. The van der Waals surface area contributed by atoms with E-state index in [1.54, 1.807) is 0 Å². The lowest BCUT2D eigenvalue weighted by molar-refractivity contribution is -0.385. The van der Waals surface area contributed by atoms with Crippen molar-refractivity contribution in [2.24, 2.45) is 0 Å². The highest BCUT2D eigenvalue weighted by atomic mass is 16.6. The van der Waals surface area contributed by atoms with E-state index in [9.17, 15) is 14.9 Å². The van der Waals surface area contributed by atoms with Gasteiger partial charge in [-0.05, 0) is 0 Å². The first-order valence-corrected chi connectivity index (χ1v) is 6.52. The van der Waals surface area contributed by atoms with Crippen molar-refractivity contribution in [3.8, 4) is 0 Å². The van der Waals surface area contributed by atoms with Crippen LogP contribution in [0.4, 0.5) is 5.69 Å². The third-order valence-corrected chi connectivity index (χ3v) is 3.10. The maximum absolute atomic E-state index is 11.7. The highest BCUT2D eigenvalue weighted by molar-refractivity contribution is 5.75. The molecule has 110 valence electrons. The molecule has 0 spiro atoms. The van der Waals surface area contributed by atoms with Crippen LogP contribution in [0.3, 0.4) is 0 Å². The number of nitrogens with zero attached hydrogens (tertiary/aromatic N) is 4. The standard InChI is InChI=1S/C11H18N6O3/c18-11(9-16-8-10(7-14-16)17(19)20)13-3-6-15-4-1-12-2-5-15/h7-8,12H,1-6,9H2,(H,13,18). The van der Waals surface area contributed by atoms with Gasteiger partial charge in [0.1, 0.15) is 18.9 Å². The summed E-state index contributed by atoms with van der Waals surface area (Å²) in [5.41, 5.74) is -0.112. The number of nitrogens with one attached hydrogen (secondary N) is 2. The van der Waals surface area contributed by atoms with Crippen LogP contribution in [0, 0.1) is 10.1 Å². The average molecular weight is 282 g/mol. The van der Waals surface area contributed by atoms with E-state index >= 15 is 0 Å². The molecule has 0 bridgehead atoms. The minimum Gasteiger partial charge on any atom is -0.353 e. The topological polar surface area (TPSA) is 105 Å². The van der Waals surface area contributed by atoms with E-state index in [1.165, 1.54) is 10.9 Å². The molecule has 1 fully saturated rings. The maximum atomic E-state index is 11.7. The Morgan fingerprint density at radius 1 is 1.50 bits per heavy atom. The third-order valence-electron chi connectivity index (χ3n) is 3.10. The van der Waals surface area contributed by atoms with Crippen LogP contribution < -0.4 is 10.6 Å². The Labute approximate surface area is 116 Å². The molecule has 1 saturated heterocycles. The molecule has 0 saturated carbocycles. The van der Waals surface area contributed by atoms with Crippen LogP contribution in [0.5, 0.6) is 0 Å². The van der Waals surface area contributed by atoms with Gasteiger partial charge in [0, 0.05) is 39.3 Å². The molecule has 1 aliphatic heterocycles. The van der Waals surface area contributed by atoms with Crippen LogP contribution in [0.1, 0.15) is 0 Å². The fraction of sp³-hybridized carbons (Fsp3) is 0.636. The molecule has 0 radical (unpaired) electrons. The van der Waals surface area contributed by atoms with Crippen LogP contribution in [0.15, 0.2) is 12.4 Å². The number of aromatic nitrogens is 2. The minimum absolute atomic E-state index is 0.00457. The van der Waals surface area contributed by atoms with Gasteiger partial charge in [-0.3, -0.25) is 24.5 Å². The summed E-state index contributed by atoms with van der Waals surface area (Å²) in [6.45, 7) is 5.31. The van der Waals surface area contributed by atoms with Gasteiger partial charge in [0.15, 0.2) is 0 Å². The Balaban J connectivity index is 1.67. The van der Waals surface area contributed by atoms with Crippen molar-refractivity contribution in [2.75, 3.05) is 39.3 Å². The van der Waals surface area contributed by atoms with E-state index in [0.29, 0.717) is 6.54 Å². The number of carbonyl (C=O) groups is 1. The number of hydrogen-bond acceptors (Lipinski definition) is 6. The highest BCUT2D eigenvalue weighted by Crippen LogP contribution is 2.07. The fourth-order valence-electron chi connectivity index (χ4n) is 2.02. The first-order valence-electron chi connectivity index (χ1n) is 6.52. The van der Waals surface area contributed by atoms with E-state index in [-0.39, 0.29) is 18.1 Å². The summed E-state index contributed by atoms with van der Waals surface area (Å²) < 4.78 is 1.26. The van der Waals surface area contributed by atoms with Gasteiger partial charge in [-0.25, -0.2) is 0 Å². The van der Waals surface area contributed by atoms with Gasteiger partial charge in [-0.2, -0.15) is 5.10 Å². The normalized spacial score (nSPS) is 16.0. The first-order chi connectivity index (χ1) is 9.65. The van der Waals surface area contributed by atoms with E-state index in [0.717, 1.165) is 38.9 Å². The Bertz CT molecular complexity index is 468. The van der Waals surface area contributed by atoms with Crippen molar-refractivity contribution in [3.63, 3.8) is 0 Å². The second kappa shape index (κ2) is 6.96. The zero-order valence-corrected chi connectivity index (χ0v) is 11.1. The van der Waals surface area contributed by atoms with Crippen molar-refractivity contribution in [1.82, 2.24) is 25.3 Å². The fourth-order valence-corrected chi connectivity index (χ4v) is 2.02. The second-order valence-electron chi connectivity index (χ2n) is 4.59. The summed E-state index contributed by atoms with van der Waals surface area (Å²) in [5, 5.41) is 20.3. The summed E-state index contributed by atoms with van der Waals surface area (Å²) in [6.07, 6.45) is 2.38. The van der Waals surface area contributed by atoms with Gasteiger partial charge in [-0.1, -0.05) is 0 Å². The van der Waals surface area contributed by atoms with Crippen molar-refractivity contribution in [1.29, 1.82) is 0 Å².